The Morgan fingerprint density at radius 1 is 1.47 bits per heavy atom. The van der Waals surface area contributed by atoms with E-state index in [9.17, 15) is 10.1 Å². The van der Waals surface area contributed by atoms with E-state index >= 15 is 0 Å². The van der Waals surface area contributed by atoms with Crippen molar-refractivity contribution in [1.29, 1.82) is 0 Å². The highest BCUT2D eigenvalue weighted by atomic mass is 35.5. The SMILES string of the molecule is O=[N+]([O-])c1ccc(Cl)nc1NC1CCNCC1. The summed E-state index contributed by atoms with van der Waals surface area (Å²) in [5.74, 6) is 0.259. The van der Waals surface area contributed by atoms with Gasteiger partial charge in [-0.1, -0.05) is 11.6 Å². The molecule has 2 heterocycles. The second kappa shape index (κ2) is 5.29. The number of piperidine rings is 1. The maximum absolute atomic E-state index is 10.8. The maximum atomic E-state index is 10.8. The normalized spacial score (nSPS) is 16.8. The van der Waals surface area contributed by atoms with Gasteiger partial charge in [-0.3, -0.25) is 10.1 Å². The molecule has 1 fully saturated rings. The van der Waals surface area contributed by atoms with Crippen LogP contribution in [0.25, 0.3) is 0 Å². The Labute approximate surface area is 104 Å². The molecular weight excluding hydrogens is 244 g/mol. The van der Waals surface area contributed by atoms with Crippen molar-refractivity contribution in [2.45, 2.75) is 18.9 Å². The first-order valence-electron chi connectivity index (χ1n) is 5.45. The molecule has 1 aromatic rings. The number of anilines is 1. The third-order valence-electron chi connectivity index (χ3n) is 2.72. The molecule has 0 aliphatic carbocycles. The van der Waals surface area contributed by atoms with Crippen molar-refractivity contribution in [1.82, 2.24) is 10.3 Å². The van der Waals surface area contributed by atoms with Crippen LogP contribution in [-0.2, 0) is 0 Å². The van der Waals surface area contributed by atoms with Crippen LogP contribution in [0.15, 0.2) is 12.1 Å². The summed E-state index contributed by atoms with van der Waals surface area (Å²) in [4.78, 5) is 14.4. The van der Waals surface area contributed by atoms with E-state index < -0.39 is 4.92 Å². The first kappa shape index (κ1) is 12.1. The minimum absolute atomic E-state index is 0.0343. The summed E-state index contributed by atoms with van der Waals surface area (Å²) in [6.07, 6.45) is 1.84. The fourth-order valence-electron chi connectivity index (χ4n) is 1.84. The molecule has 17 heavy (non-hydrogen) atoms. The quantitative estimate of drug-likeness (QED) is 0.490. The van der Waals surface area contributed by atoms with Gasteiger partial charge in [0.05, 0.1) is 4.92 Å². The number of rotatable bonds is 3. The minimum atomic E-state index is -0.452. The van der Waals surface area contributed by atoms with Crippen molar-refractivity contribution in [3.05, 3.63) is 27.4 Å². The lowest BCUT2D eigenvalue weighted by Crippen LogP contribution is -2.35. The van der Waals surface area contributed by atoms with Crippen LogP contribution in [0.5, 0.6) is 0 Å². The van der Waals surface area contributed by atoms with Gasteiger partial charge in [0.2, 0.25) is 5.82 Å². The molecule has 0 atom stereocenters. The number of nitrogens with one attached hydrogen (secondary N) is 2. The Bertz CT molecular complexity index is 421. The molecule has 0 radical (unpaired) electrons. The number of hydrogen-bond donors (Lipinski definition) is 2. The standard InChI is InChI=1S/C10H13ClN4O2/c11-9-2-1-8(15(16)17)10(14-9)13-7-3-5-12-6-4-7/h1-2,7,12H,3-6H2,(H,13,14). The fourth-order valence-corrected chi connectivity index (χ4v) is 1.99. The topological polar surface area (TPSA) is 80.1 Å². The van der Waals surface area contributed by atoms with E-state index in [4.69, 9.17) is 11.6 Å². The summed E-state index contributed by atoms with van der Waals surface area (Å²) in [7, 11) is 0. The van der Waals surface area contributed by atoms with Gasteiger partial charge in [-0.15, -0.1) is 0 Å². The molecule has 2 rings (SSSR count). The van der Waals surface area contributed by atoms with Gasteiger partial charge in [0.15, 0.2) is 0 Å². The van der Waals surface area contributed by atoms with Gasteiger partial charge >= 0.3 is 5.69 Å². The monoisotopic (exact) mass is 256 g/mol. The van der Waals surface area contributed by atoms with Gasteiger partial charge in [-0.25, -0.2) is 4.98 Å². The van der Waals surface area contributed by atoms with E-state index in [-0.39, 0.29) is 22.7 Å². The molecule has 1 saturated heterocycles. The maximum Gasteiger partial charge on any atom is 0.311 e. The third-order valence-corrected chi connectivity index (χ3v) is 2.93. The van der Waals surface area contributed by atoms with E-state index in [1.165, 1.54) is 12.1 Å². The van der Waals surface area contributed by atoms with Crippen LogP contribution in [-0.4, -0.2) is 29.0 Å². The molecular formula is C10H13ClN4O2. The Kier molecular flexibility index (Phi) is 3.75. The van der Waals surface area contributed by atoms with Crippen LogP contribution < -0.4 is 10.6 Å². The number of hydrogen-bond acceptors (Lipinski definition) is 5. The predicted octanol–water partition coefficient (Wildman–Crippen LogP) is 1.81. The average Bonchev–Trinajstić information content (AvgIpc) is 2.30. The molecule has 0 unspecified atom stereocenters. The first-order valence-corrected chi connectivity index (χ1v) is 5.83. The van der Waals surface area contributed by atoms with Gasteiger partial charge in [0.1, 0.15) is 5.15 Å². The van der Waals surface area contributed by atoms with Crippen molar-refractivity contribution >= 4 is 23.1 Å². The highest BCUT2D eigenvalue weighted by Gasteiger charge is 2.20. The van der Waals surface area contributed by atoms with E-state index in [0.717, 1.165) is 25.9 Å². The lowest BCUT2D eigenvalue weighted by atomic mass is 10.1. The Hall–Kier alpha value is -1.40. The molecule has 0 aromatic carbocycles. The van der Waals surface area contributed by atoms with Crippen LogP contribution in [0.4, 0.5) is 11.5 Å². The number of nitro groups is 1. The molecule has 7 heteroatoms. The van der Waals surface area contributed by atoms with Crippen molar-refractivity contribution in [2.75, 3.05) is 18.4 Å². The Morgan fingerprint density at radius 2 is 2.18 bits per heavy atom. The summed E-state index contributed by atoms with van der Waals surface area (Å²) < 4.78 is 0. The summed E-state index contributed by atoms with van der Waals surface area (Å²) in [5.41, 5.74) is -0.0343. The highest BCUT2D eigenvalue weighted by molar-refractivity contribution is 6.29. The van der Waals surface area contributed by atoms with E-state index in [0.29, 0.717) is 0 Å². The molecule has 92 valence electrons. The molecule has 0 spiro atoms. The van der Waals surface area contributed by atoms with Crippen molar-refractivity contribution < 1.29 is 4.92 Å². The summed E-state index contributed by atoms with van der Waals surface area (Å²) in [6, 6.07) is 3.01. The van der Waals surface area contributed by atoms with E-state index in [1.54, 1.807) is 0 Å². The van der Waals surface area contributed by atoms with Gasteiger partial charge in [0.25, 0.3) is 0 Å². The summed E-state index contributed by atoms with van der Waals surface area (Å²) in [6.45, 7) is 1.82. The van der Waals surface area contributed by atoms with Crippen LogP contribution in [0, 0.1) is 10.1 Å². The Morgan fingerprint density at radius 3 is 2.82 bits per heavy atom. The van der Waals surface area contributed by atoms with E-state index in [2.05, 4.69) is 15.6 Å². The number of nitrogens with zero attached hydrogens (tertiary/aromatic N) is 2. The molecule has 0 bridgehead atoms. The number of pyridine rings is 1. The molecule has 6 nitrogen and oxygen atoms in total. The molecule has 1 aliphatic heterocycles. The molecule has 2 N–H and O–H groups in total. The van der Waals surface area contributed by atoms with Crippen molar-refractivity contribution in [3.63, 3.8) is 0 Å². The van der Waals surface area contributed by atoms with Crippen LogP contribution in [0.1, 0.15) is 12.8 Å². The molecule has 1 aliphatic rings. The van der Waals surface area contributed by atoms with Crippen molar-refractivity contribution in [3.8, 4) is 0 Å². The minimum Gasteiger partial charge on any atom is -0.361 e. The zero-order valence-corrected chi connectivity index (χ0v) is 9.91. The fraction of sp³-hybridized carbons (Fsp3) is 0.500. The lowest BCUT2D eigenvalue weighted by Gasteiger charge is -2.23. The zero-order valence-electron chi connectivity index (χ0n) is 9.15. The van der Waals surface area contributed by atoms with Crippen LogP contribution in [0.3, 0.4) is 0 Å². The first-order chi connectivity index (χ1) is 8.16. The second-order valence-electron chi connectivity index (χ2n) is 3.93. The second-order valence-corrected chi connectivity index (χ2v) is 4.31. The summed E-state index contributed by atoms with van der Waals surface area (Å²) >= 11 is 5.75. The van der Waals surface area contributed by atoms with Gasteiger partial charge in [-0.05, 0) is 32.0 Å². The average molecular weight is 257 g/mol. The molecule has 0 saturated carbocycles. The summed E-state index contributed by atoms with van der Waals surface area (Å²) in [5, 5.41) is 17.4. The Balaban J connectivity index is 2.17. The van der Waals surface area contributed by atoms with E-state index in [1.807, 2.05) is 0 Å². The van der Waals surface area contributed by atoms with Crippen molar-refractivity contribution in [2.24, 2.45) is 0 Å². The lowest BCUT2D eigenvalue weighted by molar-refractivity contribution is -0.384. The molecule has 1 aromatic heterocycles. The van der Waals surface area contributed by atoms with Crippen LogP contribution >= 0.6 is 11.6 Å². The smallest absolute Gasteiger partial charge is 0.311 e. The zero-order chi connectivity index (χ0) is 12.3. The molecule has 0 amide bonds. The number of aromatic nitrogens is 1. The highest BCUT2D eigenvalue weighted by Crippen LogP contribution is 2.25. The largest absolute Gasteiger partial charge is 0.361 e. The van der Waals surface area contributed by atoms with Gasteiger partial charge in [-0.2, -0.15) is 0 Å². The van der Waals surface area contributed by atoms with Crippen LogP contribution in [0.2, 0.25) is 5.15 Å². The number of halogens is 1. The predicted molar refractivity (Wildman–Crippen MR) is 65.4 cm³/mol. The third kappa shape index (κ3) is 3.04. The van der Waals surface area contributed by atoms with Gasteiger partial charge < -0.3 is 10.6 Å². The van der Waals surface area contributed by atoms with Gasteiger partial charge in [0, 0.05) is 12.1 Å².